The van der Waals surface area contributed by atoms with E-state index in [9.17, 15) is 14.7 Å². The van der Waals surface area contributed by atoms with Crippen molar-refractivity contribution in [1.82, 2.24) is 0 Å². The number of hydrogen-bond acceptors (Lipinski definition) is 3. The van der Waals surface area contributed by atoms with Gasteiger partial charge in [-0.1, -0.05) is 18.2 Å². The van der Waals surface area contributed by atoms with Gasteiger partial charge < -0.3 is 15.0 Å². The molecule has 1 heterocycles. The number of nitrogens with zero attached hydrogens (tertiary/aromatic N) is 1. The summed E-state index contributed by atoms with van der Waals surface area (Å²) in [6, 6.07) is 9.05. The molecular weight excluding hydrogens is 234 g/mol. The molecule has 0 aliphatic rings. The molecule has 0 radical (unpaired) electrons. The number of benzene rings is 1. The van der Waals surface area contributed by atoms with E-state index in [1.165, 1.54) is 10.8 Å². The van der Waals surface area contributed by atoms with E-state index >= 15 is 0 Å². The third kappa shape index (κ3) is 2.35. The van der Waals surface area contributed by atoms with Crippen LogP contribution in [0.3, 0.4) is 0 Å². The highest BCUT2D eigenvalue weighted by Crippen LogP contribution is 2.10. The van der Waals surface area contributed by atoms with Gasteiger partial charge in [-0.05, 0) is 11.5 Å². The molecule has 90 valence electrons. The first kappa shape index (κ1) is 11.8. The molecule has 0 aliphatic heterocycles. The van der Waals surface area contributed by atoms with Crippen LogP contribution >= 0.6 is 0 Å². The van der Waals surface area contributed by atoms with Crippen LogP contribution < -0.4 is 9.67 Å². The Morgan fingerprint density at radius 3 is 2.44 bits per heavy atom. The lowest BCUT2D eigenvalue weighted by molar-refractivity contribution is -0.580. The van der Waals surface area contributed by atoms with Gasteiger partial charge in [0.05, 0.1) is 6.08 Å². The predicted molar refractivity (Wildman–Crippen MR) is 61.1 cm³/mol. The third-order valence-corrected chi connectivity index (χ3v) is 2.44. The lowest BCUT2D eigenvalue weighted by Crippen LogP contribution is -2.42. The number of fused-ring (bicyclic) bond motifs is 1. The standard InChI is InChI=1S/C13H9NO4/c15-12(16)7-11(13(17)18)14-6-5-9-3-1-2-4-10(9)8-14/h1-8H,(H-,15,16,17,18)/b11-7-. The number of hydrogen-bond donors (Lipinski definition) is 1. The molecule has 18 heavy (non-hydrogen) atoms. The Morgan fingerprint density at radius 2 is 1.83 bits per heavy atom. The first-order chi connectivity index (χ1) is 8.58. The first-order valence-corrected chi connectivity index (χ1v) is 5.14. The van der Waals surface area contributed by atoms with E-state index in [0.717, 1.165) is 10.8 Å². The Kier molecular flexibility index (Phi) is 3.05. The van der Waals surface area contributed by atoms with Gasteiger partial charge in [-0.3, -0.25) is 0 Å². The number of aliphatic carboxylic acids is 2. The lowest BCUT2D eigenvalue weighted by Gasteiger charge is -2.02. The molecule has 1 N–H and O–H groups in total. The molecule has 0 unspecified atom stereocenters. The zero-order valence-corrected chi connectivity index (χ0v) is 9.24. The van der Waals surface area contributed by atoms with E-state index in [2.05, 4.69) is 0 Å². The number of rotatable bonds is 3. The van der Waals surface area contributed by atoms with Crippen molar-refractivity contribution in [2.75, 3.05) is 0 Å². The van der Waals surface area contributed by atoms with Crippen molar-refractivity contribution < 1.29 is 24.4 Å². The number of carbonyl (C=O) groups excluding carboxylic acids is 1. The SMILES string of the molecule is O=C(O)/C=C(/C(=O)[O-])[n+]1ccc2ccccc2c1. The van der Waals surface area contributed by atoms with Crippen LogP contribution in [0.15, 0.2) is 48.8 Å². The fraction of sp³-hybridized carbons (Fsp3) is 0. The van der Waals surface area contributed by atoms with Crippen LogP contribution in [0.1, 0.15) is 0 Å². The highest BCUT2D eigenvalue weighted by molar-refractivity contribution is 6.08. The molecule has 1 aromatic carbocycles. The van der Waals surface area contributed by atoms with Gasteiger partial charge >= 0.3 is 5.97 Å². The fourth-order valence-electron chi connectivity index (χ4n) is 1.64. The second kappa shape index (κ2) is 4.67. The van der Waals surface area contributed by atoms with Gasteiger partial charge in [-0.15, -0.1) is 0 Å². The number of pyridine rings is 1. The summed E-state index contributed by atoms with van der Waals surface area (Å²) in [5, 5.41) is 21.3. The summed E-state index contributed by atoms with van der Waals surface area (Å²) >= 11 is 0. The monoisotopic (exact) mass is 243 g/mol. The number of carboxylic acid groups (broad SMARTS) is 2. The summed E-state index contributed by atoms with van der Waals surface area (Å²) < 4.78 is 1.21. The molecule has 0 bridgehead atoms. The maximum Gasteiger partial charge on any atom is 0.335 e. The van der Waals surface area contributed by atoms with E-state index in [1.54, 1.807) is 18.3 Å². The molecule has 0 spiro atoms. The van der Waals surface area contributed by atoms with E-state index in [4.69, 9.17) is 5.11 Å². The van der Waals surface area contributed by atoms with Gasteiger partial charge in [0, 0.05) is 11.5 Å². The number of carboxylic acids is 2. The van der Waals surface area contributed by atoms with E-state index in [1.807, 2.05) is 18.2 Å². The average Bonchev–Trinajstić information content (AvgIpc) is 2.35. The summed E-state index contributed by atoms with van der Waals surface area (Å²) in [6.07, 6.45) is 3.62. The highest BCUT2D eigenvalue weighted by Gasteiger charge is 2.14. The minimum atomic E-state index is -1.54. The minimum absolute atomic E-state index is 0.423. The predicted octanol–water partition coefficient (Wildman–Crippen LogP) is -0.197. The van der Waals surface area contributed by atoms with Crippen LogP contribution in [0, 0.1) is 0 Å². The normalized spacial score (nSPS) is 11.4. The molecule has 0 saturated carbocycles. The van der Waals surface area contributed by atoms with Gasteiger partial charge in [-0.25, -0.2) is 4.79 Å². The summed E-state index contributed by atoms with van der Waals surface area (Å²) in [7, 11) is 0. The van der Waals surface area contributed by atoms with Crippen molar-refractivity contribution in [3.8, 4) is 0 Å². The molecule has 5 heteroatoms. The van der Waals surface area contributed by atoms with E-state index < -0.39 is 17.6 Å². The van der Waals surface area contributed by atoms with Crippen LogP contribution in [-0.4, -0.2) is 17.0 Å². The molecule has 2 rings (SSSR count). The second-order valence-corrected chi connectivity index (χ2v) is 3.64. The molecular formula is C13H9NO4. The zero-order chi connectivity index (χ0) is 13.1. The number of aromatic nitrogens is 1. The van der Waals surface area contributed by atoms with Crippen LogP contribution in [-0.2, 0) is 9.59 Å². The van der Waals surface area contributed by atoms with Gasteiger partial charge in [0.15, 0.2) is 12.4 Å². The van der Waals surface area contributed by atoms with Crippen LogP contribution in [0.2, 0.25) is 0 Å². The lowest BCUT2D eigenvalue weighted by atomic mass is 10.2. The second-order valence-electron chi connectivity index (χ2n) is 3.64. The first-order valence-electron chi connectivity index (χ1n) is 5.14. The molecule has 0 fully saturated rings. The Labute approximate surface area is 102 Å². The molecule has 1 aromatic heterocycles. The smallest absolute Gasteiger partial charge is 0.335 e. The topological polar surface area (TPSA) is 81.3 Å². The average molecular weight is 243 g/mol. The largest absolute Gasteiger partial charge is 0.539 e. The Bertz CT molecular complexity index is 661. The molecule has 0 atom stereocenters. The number of carbonyl (C=O) groups is 2. The highest BCUT2D eigenvalue weighted by atomic mass is 16.4. The van der Waals surface area contributed by atoms with Crippen molar-refractivity contribution in [3.63, 3.8) is 0 Å². The maximum atomic E-state index is 10.9. The van der Waals surface area contributed by atoms with Crippen LogP contribution in [0.4, 0.5) is 0 Å². The van der Waals surface area contributed by atoms with Crippen LogP contribution in [0.25, 0.3) is 16.5 Å². The van der Waals surface area contributed by atoms with Gasteiger partial charge in [-0.2, -0.15) is 4.57 Å². The Morgan fingerprint density at radius 1 is 1.17 bits per heavy atom. The zero-order valence-electron chi connectivity index (χ0n) is 9.24. The van der Waals surface area contributed by atoms with Crippen molar-refractivity contribution >= 4 is 28.4 Å². The molecule has 2 aromatic rings. The third-order valence-electron chi connectivity index (χ3n) is 2.44. The molecule has 0 saturated heterocycles. The Hall–Kier alpha value is -2.69. The van der Waals surface area contributed by atoms with Crippen molar-refractivity contribution in [2.24, 2.45) is 0 Å². The Balaban J connectivity index is 2.58. The summed E-state index contributed by atoms with van der Waals surface area (Å²) in [5.74, 6) is -2.88. The van der Waals surface area contributed by atoms with E-state index in [0.29, 0.717) is 6.08 Å². The van der Waals surface area contributed by atoms with Crippen LogP contribution in [0.5, 0.6) is 0 Å². The summed E-state index contributed by atoms with van der Waals surface area (Å²) in [5.41, 5.74) is -0.423. The molecule has 5 nitrogen and oxygen atoms in total. The van der Waals surface area contributed by atoms with E-state index in [-0.39, 0.29) is 0 Å². The molecule has 0 aliphatic carbocycles. The van der Waals surface area contributed by atoms with Crippen molar-refractivity contribution in [1.29, 1.82) is 0 Å². The maximum absolute atomic E-state index is 10.9. The van der Waals surface area contributed by atoms with Crippen molar-refractivity contribution in [3.05, 3.63) is 48.8 Å². The van der Waals surface area contributed by atoms with Gasteiger partial charge in [0.2, 0.25) is 5.70 Å². The summed E-state index contributed by atoms with van der Waals surface area (Å²) in [4.78, 5) is 21.5. The minimum Gasteiger partial charge on any atom is -0.539 e. The summed E-state index contributed by atoms with van der Waals surface area (Å²) in [6.45, 7) is 0. The van der Waals surface area contributed by atoms with Crippen molar-refractivity contribution in [2.45, 2.75) is 0 Å². The molecule has 0 amide bonds. The van der Waals surface area contributed by atoms with Gasteiger partial charge in [0.25, 0.3) is 0 Å². The quantitative estimate of drug-likeness (QED) is 0.598. The van der Waals surface area contributed by atoms with Gasteiger partial charge in [0.1, 0.15) is 5.97 Å². The fourth-order valence-corrected chi connectivity index (χ4v) is 1.64.